The first-order valence-electron chi connectivity index (χ1n) is 8.66. The monoisotopic (exact) mass is 340 g/mol. The van der Waals surface area contributed by atoms with Crippen molar-refractivity contribution < 1.29 is 19.7 Å². The molecule has 0 bridgehead atoms. The molecule has 2 N–H and O–H groups in total. The quantitative estimate of drug-likeness (QED) is 0.738. The van der Waals surface area contributed by atoms with Crippen LogP contribution < -0.4 is 9.47 Å². The van der Waals surface area contributed by atoms with E-state index in [1.807, 2.05) is 6.07 Å². The molecule has 2 aromatic carbocycles. The molecule has 4 heteroatoms. The number of hydrogen-bond donors (Lipinski definition) is 2. The molecule has 132 valence electrons. The van der Waals surface area contributed by atoms with Crippen LogP contribution in [0.25, 0.3) is 6.08 Å². The Labute approximate surface area is 148 Å². The second-order valence-corrected chi connectivity index (χ2v) is 6.25. The van der Waals surface area contributed by atoms with Gasteiger partial charge in [0.1, 0.15) is 6.10 Å². The Morgan fingerprint density at radius 2 is 1.92 bits per heavy atom. The van der Waals surface area contributed by atoms with E-state index in [-0.39, 0.29) is 23.5 Å². The maximum Gasteiger partial charge on any atom is 0.165 e. The molecule has 0 radical (unpaired) electrons. The van der Waals surface area contributed by atoms with Crippen LogP contribution in [0.15, 0.2) is 36.4 Å². The van der Waals surface area contributed by atoms with E-state index < -0.39 is 0 Å². The molecule has 0 aromatic heterocycles. The van der Waals surface area contributed by atoms with Gasteiger partial charge in [0.25, 0.3) is 0 Å². The summed E-state index contributed by atoms with van der Waals surface area (Å²) in [4.78, 5) is 0. The number of allylic oxidation sites excluding steroid dienone is 1. The summed E-state index contributed by atoms with van der Waals surface area (Å²) >= 11 is 0. The van der Waals surface area contributed by atoms with Crippen molar-refractivity contribution in [2.45, 2.75) is 38.7 Å². The van der Waals surface area contributed by atoms with Crippen molar-refractivity contribution in [1.29, 1.82) is 0 Å². The van der Waals surface area contributed by atoms with Crippen molar-refractivity contribution in [1.82, 2.24) is 0 Å². The lowest BCUT2D eigenvalue weighted by Crippen LogP contribution is -2.09. The summed E-state index contributed by atoms with van der Waals surface area (Å²) in [6.07, 6.45) is 5.86. The summed E-state index contributed by atoms with van der Waals surface area (Å²) in [6.45, 7) is 4.23. The molecule has 1 heterocycles. The van der Waals surface area contributed by atoms with Crippen molar-refractivity contribution in [2.75, 3.05) is 7.11 Å². The maximum atomic E-state index is 9.84. The van der Waals surface area contributed by atoms with Gasteiger partial charge < -0.3 is 19.7 Å². The van der Waals surface area contributed by atoms with Crippen molar-refractivity contribution >= 4 is 6.08 Å². The summed E-state index contributed by atoms with van der Waals surface area (Å²) in [5, 5.41) is 19.4. The van der Waals surface area contributed by atoms with Gasteiger partial charge in [-0.2, -0.15) is 0 Å². The molecule has 2 atom stereocenters. The molecule has 2 aromatic rings. The Kier molecular flexibility index (Phi) is 4.88. The van der Waals surface area contributed by atoms with Gasteiger partial charge in [-0.15, -0.1) is 0 Å². The van der Waals surface area contributed by atoms with Crippen LogP contribution in [0.5, 0.6) is 23.0 Å². The van der Waals surface area contributed by atoms with Crippen molar-refractivity contribution in [3.63, 3.8) is 0 Å². The highest BCUT2D eigenvalue weighted by Gasteiger charge is 2.37. The molecule has 0 saturated heterocycles. The standard InChI is InChI=1S/C21H24O4/c1-4-6-7-13-10-16-15(5-2)20(25-21(16)19(11-13)24-3)14-8-9-17(22)18(23)12-14/h6-12,15,20,22-23H,4-5H2,1-3H3. The topological polar surface area (TPSA) is 58.9 Å². The second-order valence-electron chi connectivity index (χ2n) is 6.25. The maximum absolute atomic E-state index is 9.84. The van der Waals surface area contributed by atoms with Gasteiger partial charge in [0, 0.05) is 11.5 Å². The first-order chi connectivity index (χ1) is 12.1. The minimum Gasteiger partial charge on any atom is -0.504 e. The summed E-state index contributed by atoms with van der Waals surface area (Å²) < 4.78 is 11.8. The van der Waals surface area contributed by atoms with Crippen molar-refractivity contribution in [3.8, 4) is 23.0 Å². The average Bonchev–Trinajstić information content (AvgIpc) is 3.00. The molecule has 0 aliphatic carbocycles. The van der Waals surface area contributed by atoms with E-state index in [9.17, 15) is 10.2 Å². The molecule has 1 aliphatic heterocycles. The van der Waals surface area contributed by atoms with E-state index >= 15 is 0 Å². The number of benzene rings is 2. The zero-order valence-electron chi connectivity index (χ0n) is 14.8. The van der Waals surface area contributed by atoms with E-state index in [0.717, 1.165) is 41.0 Å². The molecular weight excluding hydrogens is 316 g/mol. The Bertz CT molecular complexity index is 795. The number of ether oxygens (including phenoxy) is 2. The zero-order chi connectivity index (χ0) is 18.0. The minimum atomic E-state index is -0.217. The predicted molar refractivity (Wildman–Crippen MR) is 98.5 cm³/mol. The Morgan fingerprint density at radius 1 is 1.12 bits per heavy atom. The van der Waals surface area contributed by atoms with Crippen molar-refractivity contribution in [2.24, 2.45) is 0 Å². The van der Waals surface area contributed by atoms with Crippen LogP contribution in [-0.2, 0) is 0 Å². The van der Waals surface area contributed by atoms with Crippen LogP contribution in [0, 0.1) is 0 Å². The van der Waals surface area contributed by atoms with E-state index in [1.54, 1.807) is 19.2 Å². The van der Waals surface area contributed by atoms with Gasteiger partial charge in [0.2, 0.25) is 0 Å². The van der Waals surface area contributed by atoms with Crippen LogP contribution >= 0.6 is 0 Å². The molecule has 0 saturated carbocycles. The number of hydrogen-bond acceptors (Lipinski definition) is 4. The summed E-state index contributed by atoms with van der Waals surface area (Å²) in [5.74, 6) is 1.38. The van der Waals surface area contributed by atoms with Crippen LogP contribution in [0.3, 0.4) is 0 Å². The number of aromatic hydroxyl groups is 2. The van der Waals surface area contributed by atoms with Gasteiger partial charge >= 0.3 is 0 Å². The van der Waals surface area contributed by atoms with Gasteiger partial charge in [-0.05, 0) is 48.2 Å². The van der Waals surface area contributed by atoms with Gasteiger partial charge in [0.05, 0.1) is 7.11 Å². The smallest absolute Gasteiger partial charge is 0.165 e. The predicted octanol–water partition coefficient (Wildman–Crippen LogP) is 5.16. The van der Waals surface area contributed by atoms with Gasteiger partial charge in [0.15, 0.2) is 23.0 Å². The van der Waals surface area contributed by atoms with Crippen LogP contribution in [0.2, 0.25) is 0 Å². The minimum absolute atomic E-state index is 0.128. The summed E-state index contributed by atoms with van der Waals surface area (Å²) in [7, 11) is 1.65. The van der Waals surface area contributed by atoms with Crippen LogP contribution in [0.1, 0.15) is 55.4 Å². The van der Waals surface area contributed by atoms with Crippen LogP contribution in [-0.4, -0.2) is 17.3 Å². The Balaban J connectivity index is 2.05. The van der Waals surface area contributed by atoms with Crippen molar-refractivity contribution in [3.05, 3.63) is 53.1 Å². The SMILES string of the molecule is CCC=Cc1cc(OC)c2c(c1)C(CC)C(c1ccc(O)c(O)c1)O2. The fourth-order valence-corrected chi connectivity index (χ4v) is 3.37. The van der Waals surface area contributed by atoms with Gasteiger partial charge in [-0.1, -0.05) is 32.1 Å². The first-order valence-corrected chi connectivity index (χ1v) is 8.66. The third-order valence-corrected chi connectivity index (χ3v) is 4.65. The normalized spacial score (nSPS) is 19.0. The number of fused-ring (bicyclic) bond motifs is 1. The number of methoxy groups -OCH3 is 1. The number of rotatable bonds is 5. The molecule has 0 amide bonds. The highest BCUT2D eigenvalue weighted by atomic mass is 16.5. The van der Waals surface area contributed by atoms with E-state index in [1.165, 1.54) is 6.07 Å². The third-order valence-electron chi connectivity index (χ3n) is 4.65. The lowest BCUT2D eigenvalue weighted by Gasteiger charge is -2.18. The highest BCUT2D eigenvalue weighted by Crippen LogP contribution is 2.52. The molecule has 0 spiro atoms. The molecule has 25 heavy (non-hydrogen) atoms. The van der Waals surface area contributed by atoms with E-state index in [0.29, 0.717) is 0 Å². The number of phenolic OH excluding ortho intramolecular Hbond substituents is 2. The van der Waals surface area contributed by atoms with E-state index in [4.69, 9.17) is 9.47 Å². The fourth-order valence-electron chi connectivity index (χ4n) is 3.37. The van der Waals surface area contributed by atoms with Gasteiger partial charge in [-0.25, -0.2) is 0 Å². The molecule has 2 unspecified atom stereocenters. The fraction of sp³-hybridized carbons (Fsp3) is 0.333. The zero-order valence-corrected chi connectivity index (χ0v) is 14.8. The average molecular weight is 340 g/mol. The lowest BCUT2D eigenvalue weighted by atomic mass is 9.88. The highest BCUT2D eigenvalue weighted by molar-refractivity contribution is 5.62. The first kappa shape index (κ1) is 17.2. The lowest BCUT2D eigenvalue weighted by molar-refractivity contribution is 0.200. The van der Waals surface area contributed by atoms with Crippen LogP contribution in [0.4, 0.5) is 0 Å². The molecule has 0 fully saturated rings. The largest absolute Gasteiger partial charge is 0.504 e. The molecular formula is C21H24O4. The second kappa shape index (κ2) is 7.09. The Hall–Kier alpha value is -2.62. The molecule has 3 rings (SSSR count). The Morgan fingerprint density at radius 3 is 2.56 bits per heavy atom. The molecule has 1 aliphatic rings. The summed E-state index contributed by atoms with van der Waals surface area (Å²) in [6, 6.07) is 8.99. The number of phenols is 2. The summed E-state index contributed by atoms with van der Waals surface area (Å²) in [5.41, 5.74) is 3.05. The third kappa shape index (κ3) is 3.16. The van der Waals surface area contributed by atoms with Gasteiger partial charge in [-0.3, -0.25) is 0 Å². The molecule has 4 nitrogen and oxygen atoms in total. The van der Waals surface area contributed by atoms with E-state index in [2.05, 4.69) is 32.1 Å².